The fourth-order valence-electron chi connectivity index (χ4n) is 4.34. The molecule has 10 heteroatoms. The van der Waals surface area contributed by atoms with Crippen LogP contribution in [0.4, 0.5) is 5.00 Å². The van der Waals surface area contributed by atoms with Crippen molar-refractivity contribution in [1.82, 2.24) is 4.31 Å². The van der Waals surface area contributed by atoms with Crippen molar-refractivity contribution < 1.29 is 27.5 Å². The molecule has 1 fully saturated rings. The van der Waals surface area contributed by atoms with E-state index in [1.165, 1.54) is 42.0 Å². The second-order valence-electron chi connectivity index (χ2n) is 7.85. The molecule has 0 saturated carbocycles. The van der Waals surface area contributed by atoms with Gasteiger partial charge in [-0.3, -0.25) is 4.79 Å². The Morgan fingerprint density at radius 1 is 1.09 bits per heavy atom. The molecule has 8 nitrogen and oxygen atoms in total. The minimum absolute atomic E-state index is 0.111. The van der Waals surface area contributed by atoms with Gasteiger partial charge in [0.25, 0.3) is 0 Å². The molecule has 2 aromatic rings. The number of anilines is 1. The molecule has 1 amide bonds. The van der Waals surface area contributed by atoms with Gasteiger partial charge in [-0.1, -0.05) is 0 Å². The first-order valence-corrected chi connectivity index (χ1v) is 12.8. The van der Waals surface area contributed by atoms with E-state index in [0.29, 0.717) is 29.2 Å². The van der Waals surface area contributed by atoms with E-state index in [9.17, 15) is 18.0 Å². The summed E-state index contributed by atoms with van der Waals surface area (Å²) < 4.78 is 37.7. The van der Waals surface area contributed by atoms with Gasteiger partial charge in [0.15, 0.2) is 0 Å². The van der Waals surface area contributed by atoms with Crippen LogP contribution in [0.1, 0.15) is 46.5 Å². The van der Waals surface area contributed by atoms with Crippen LogP contribution < -0.4 is 10.1 Å². The number of ether oxygens (including phenoxy) is 2. The van der Waals surface area contributed by atoms with Crippen LogP contribution in [0.25, 0.3) is 0 Å². The monoisotopic (exact) mass is 478 g/mol. The normalized spacial score (nSPS) is 18.8. The molecule has 2 aliphatic rings. The highest BCUT2D eigenvalue weighted by molar-refractivity contribution is 7.89. The first-order valence-electron chi connectivity index (χ1n) is 10.6. The number of rotatable bonds is 6. The summed E-state index contributed by atoms with van der Waals surface area (Å²) in [6, 6.07) is 5.27. The minimum atomic E-state index is -3.85. The maximum atomic E-state index is 13.2. The summed E-state index contributed by atoms with van der Waals surface area (Å²) in [5.41, 5.74) is 1.35. The van der Waals surface area contributed by atoms with Gasteiger partial charge >= 0.3 is 5.97 Å². The van der Waals surface area contributed by atoms with Gasteiger partial charge in [0, 0.05) is 11.4 Å². The summed E-state index contributed by atoms with van der Waals surface area (Å²) in [7, 11) is -1.03. The Morgan fingerprint density at radius 2 is 1.81 bits per heavy atom. The molecule has 0 bridgehead atoms. The van der Waals surface area contributed by atoms with Crippen LogP contribution in [0, 0.1) is 0 Å². The predicted molar refractivity (Wildman–Crippen MR) is 121 cm³/mol. The first kappa shape index (κ1) is 22.8. The van der Waals surface area contributed by atoms with Crippen LogP contribution in [0.5, 0.6) is 5.75 Å². The number of sulfonamides is 1. The summed E-state index contributed by atoms with van der Waals surface area (Å²) >= 11 is 1.39. The molecule has 1 saturated heterocycles. The fraction of sp³-hybridized carbons (Fsp3) is 0.455. The number of esters is 1. The zero-order valence-corrected chi connectivity index (χ0v) is 19.7. The van der Waals surface area contributed by atoms with Crippen LogP contribution in [0.15, 0.2) is 29.2 Å². The Kier molecular flexibility index (Phi) is 6.55. The lowest BCUT2D eigenvalue weighted by Gasteiger charge is -2.23. The summed E-state index contributed by atoms with van der Waals surface area (Å²) in [6.45, 7) is 0.261. The second kappa shape index (κ2) is 9.21. The lowest BCUT2D eigenvalue weighted by atomic mass is 9.95. The summed E-state index contributed by atoms with van der Waals surface area (Å²) in [6.07, 6.45) is 4.66. The quantitative estimate of drug-likeness (QED) is 0.640. The third-order valence-electron chi connectivity index (χ3n) is 5.97. The first-order chi connectivity index (χ1) is 15.4. The van der Waals surface area contributed by atoms with E-state index >= 15 is 0 Å². The number of thiophene rings is 1. The molecule has 0 spiro atoms. The van der Waals surface area contributed by atoms with Crippen molar-refractivity contribution in [3.05, 3.63) is 40.3 Å². The number of amides is 1. The predicted octanol–water partition coefficient (Wildman–Crippen LogP) is 3.21. The van der Waals surface area contributed by atoms with E-state index in [0.717, 1.165) is 36.1 Å². The molecule has 1 aliphatic heterocycles. The maximum Gasteiger partial charge on any atom is 0.341 e. The number of fused-ring (bicyclic) bond motifs is 1. The van der Waals surface area contributed by atoms with Crippen molar-refractivity contribution in [2.75, 3.05) is 26.1 Å². The van der Waals surface area contributed by atoms with Crippen LogP contribution in [0.3, 0.4) is 0 Å². The number of hydrogen-bond donors (Lipinski definition) is 1. The molecule has 0 radical (unpaired) electrons. The summed E-state index contributed by atoms with van der Waals surface area (Å²) in [4.78, 5) is 26.8. The van der Waals surface area contributed by atoms with Crippen LogP contribution in [-0.4, -0.2) is 51.4 Å². The molecule has 172 valence electrons. The van der Waals surface area contributed by atoms with E-state index in [1.54, 1.807) is 12.1 Å². The molecule has 1 atom stereocenters. The zero-order chi connectivity index (χ0) is 22.9. The van der Waals surface area contributed by atoms with Crippen molar-refractivity contribution in [2.24, 2.45) is 0 Å². The standard InChI is InChI=1S/C22H26N2O6S2/c1-29-14-9-11-15(12-10-14)32(27,28)24-13-5-7-17(24)20(25)23-21-19(22(26)30-2)16-6-3-4-8-18(16)31-21/h9-12,17H,3-8,13H2,1-2H3,(H,23,25). The highest BCUT2D eigenvalue weighted by atomic mass is 32.2. The smallest absolute Gasteiger partial charge is 0.341 e. The van der Waals surface area contributed by atoms with E-state index in [1.807, 2.05) is 0 Å². The van der Waals surface area contributed by atoms with E-state index in [-0.39, 0.29) is 11.4 Å². The van der Waals surface area contributed by atoms with Gasteiger partial charge in [0.05, 0.1) is 24.7 Å². The van der Waals surface area contributed by atoms with Crippen LogP contribution in [0.2, 0.25) is 0 Å². The Bertz CT molecular complexity index is 1120. The topological polar surface area (TPSA) is 102 Å². The van der Waals surface area contributed by atoms with Gasteiger partial charge in [-0.05, 0) is 68.4 Å². The minimum Gasteiger partial charge on any atom is -0.497 e. The lowest BCUT2D eigenvalue weighted by molar-refractivity contribution is -0.119. The second-order valence-corrected chi connectivity index (χ2v) is 10.8. The fourth-order valence-corrected chi connectivity index (χ4v) is 7.28. The van der Waals surface area contributed by atoms with Crippen molar-refractivity contribution in [3.8, 4) is 5.75 Å². The van der Waals surface area contributed by atoms with Gasteiger partial charge in [-0.25, -0.2) is 13.2 Å². The average Bonchev–Trinajstić information content (AvgIpc) is 3.44. The Balaban J connectivity index is 1.59. The lowest BCUT2D eigenvalue weighted by Crippen LogP contribution is -2.43. The molecular formula is C22H26N2O6S2. The number of carbonyl (C=O) groups is 2. The van der Waals surface area contributed by atoms with Crippen molar-refractivity contribution in [1.29, 1.82) is 0 Å². The third-order valence-corrected chi connectivity index (χ3v) is 9.10. The molecule has 2 heterocycles. The number of aryl methyl sites for hydroxylation is 1. The van der Waals surface area contributed by atoms with Crippen molar-refractivity contribution >= 4 is 38.2 Å². The third kappa shape index (κ3) is 4.14. The molecular weight excluding hydrogens is 452 g/mol. The van der Waals surface area contributed by atoms with E-state index in [2.05, 4.69) is 5.32 Å². The van der Waals surface area contributed by atoms with Crippen molar-refractivity contribution in [2.45, 2.75) is 49.5 Å². The molecule has 32 heavy (non-hydrogen) atoms. The Hall–Kier alpha value is -2.43. The maximum absolute atomic E-state index is 13.2. The number of carbonyl (C=O) groups excluding carboxylic acids is 2. The summed E-state index contributed by atoms with van der Waals surface area (Å²) in [5.74, 6) is -0.353. The molecule has 1 aliphatic carbocycles. The molecule has 1 N–H and O–H groups in total. The number of methoxy groups -OCH3 is 2. The summed E-state index contributed by atoms with van der Waals surface area (Å²) in [5, 5.41) is 3.30. The zero-order valence-electron chi connectivity index (χ0n) is 18.0. The van der Waals surface area contributed by atoms with Crippen molar-refractivity contribution in [3.63, 3.8) is 0 Å². The SMILES string of the molecule is COC(=O)c1c(NC(=O)C2CCCN2S(=O)(=O)c2ccc(OC)cc2)sc2c1CCCC2. The highest BCUT2D eigenvalue weighted by Gasteiger charge is 2.40. The number of hydrogen-bond acceptors (Lipinski definition) is 7. The van der Waals surface area contributed by atoms with Gasteiger partial charge in [-0.2, -0.15) is 4.31 Å². The molecule has 1 unspecified atom stereocenters. The molecule has 1 aromatic carbocycles. The highest BCUT2D eigenvalue weighted by Crippen LogP contribution is 2.39. The molecule has 4 rings (SSSR count). The largest absolute Gasteiger partial charge is 0.497 e. The van der Waals surface area contributed by atoms with Gasteiger partial charge in [-0.15, -0.1) is 11.3 Å². The number of nitrogens with zero attached hydrogens (tertiary/aromatic N) is 1. The number of benzene rings is 1. The van der Waals surface area contributed by atoms with Crippen LogP contribution in [-0.2, 0) is 32.4 Å². The Labute approximate surface area is 191 Å². The van der Waals surface area contributed by atoms with Crippen LogP contribution >= 0.6 is 11.3 Å². The Morgan fingerprint density at radius 3 is 2.50 bits per heavy atom. The average molecular weight is 479 g/mol. The van der Waals surface area contributed by atoms with Gasteiger partial charge in [0.2, 0.25) is 15.9 Å². The van der Waals surface area contributed by atoms with E-state index in [4.69, 9.17) is 9.47 Å². The molecule has 1 aromatic heterocycles. The van der Waals surface area contributed by atoms with Gasteiger partial charge in [0.1, 0.15) is 16.8 Å². The van der Waals surface area contributed by atoms with E-state index < -0.39 is 27.9 Å². The number of nitrogens with one attached hydrogen (secondary N) is 1. The van der Waals surface area contributed by atoms with Gasteiger partial charge < -0.3 is 14.8 Å².